The van der Waals surface area contributed by atoms with Gasteiger partial charge in [-0.15, -0.1) is 0 Å². The fourth-order valence-electron chi connectivity index (χ4n) is 1.17. The van der Waals surface area contributed by atoms with Crippen molar-refractivity contribution in [3.8, 4) is 5.69 Å². The average Bonchev–Trinajstić information content (AvgIpc) is 2.67. The molecule has 0 unspecified atom stereocenters. The fraction of sp³-hybridized carbons (Fsp3) is 0. The van der Waals surface area contributed by atoms with Gasteiger partial charge in [0.2, 0.25) is 0 Å². The van der Waals surface area contributed by atoms with Crippen molar-refractivity contribution in [2.45, 2.75) is 5.16 Å². The van der Waals surface area contributed by atoms with Gasteiger partial charge in [-0.1, -0.05) is 0 Å². The highest BCUT2D eigenvalue weighted by atomic mass is 32.2. The van der Waals surface area contributed by atoms with E-state index in [-0.39, 0.29) is 0 Å². The van der Waals surface area contributed by atoms with Crippen molar-refractivity contribution in [3.63, 3.8) is 0 Å². The maximum atomic E-state index is 10.9. The van der Waals surface area contributed by atoms with Crippen LogP contribution in [0.4, 0.5) is 0 Å². The summed E-state index contributed by atoms with van der Waals surface area (Å²) in [6.07, 6.45) is 5.75. The molecule has 0 radical (unpaired) electrons. The molecule has 6 nitrogen and oxygen atoms in total. The molecule has 0 spiro atoms. The highest BCUT2D eigenvalue weighted by molar-refractivity contribution is 7.85. The van der Waals surface area contributed by atoms with Crippen molar-refractivity contribution < 1.29 is 13.0 Å². The van der Waals surface area contributed by atoms with Gasteiger partial charge in [0.05, 0.1) is 11.9 Å². The van der Waals surface area contributed by atoms with Gasteiger partial charge < -0.3 is 0 Å². The molecule has 0 saturated carbocycles. The molecule has 0 aliphatic carbocycles. The third-order valence-electron chi connectivity index (χ3n) is 1.76. The first-order chi connectivity index (χ1) is 7.09. The summed E-state index contributed by atoms with van der Waals surface area (Å²) in [5, 5.41) is -0.421. The largest absolute Gasteiger partial charge is 0.329 e. The molecule has 1 N–H and O–H groups in total. The van der Waals surface area contributed by atoms with Gasteiger partial charge in [0.1, 0.15) is 0 Å². The topological polar surface area (TPSA) is 85.1 Å². The summed E-state index contributed by atoms with van der Waals surface area (Å²) in [6, 6.07) is 3.31. The van der Waals surface area contributed by atoms with Crippen LogP contribution in [0.2, 0.25) is 0 Å². The Morgan fingerprint density at radius 1 is 1.33 bits per heavy atom. The number of hydrogen-bond acceptors (Lipinski definition) is 4. The van der Waals surface area contributed by atoms with E-state index in [1.165, 1.54) is 23.2 Å². The van der Waals surface area contributed by atoms with E-state index in [9.17, 15) is 8.42 Å². The number of imidazole rings is 1. The van der Waals surface area contributed by atoms with Crippen LogP contribution in [0.15, 0.2) is 42.1 Å². The van der Waals surface area contributed by atoms with Crippen LogP contribution in [0, 0.1) is 0 Å². The van der Waals surface area contributed by atoms with Gasteiger partial charge in [-0.05, 0) is 12.1 Å². The van der Waals surface area contributed by atoms with Gasteiger partial charge in [-0.2, -0.15) is 8.42 Å². The van der Waals surface area contributed by atoms with Gasteiger partial charge in [-0.3, -0.25) is 14.1 Å². The highest BCUT2D eigenvalue weighted by Crippen LogP contribution is 2.12. The molecular formula is C8H7N3O3S. The standard InChI is InChI=1S/C8H7N3O3S/c12-15(13,14)8-10-4-5-11(8)7-2-1-3-9-6-7/h1-6H,(H,12,13,14). The minimum absolute atomic E-state index is 0.421. The molecule has 2 aromatic heterocycles. The average molecular weight is 225 g/mol. The fourth-order valence-corrected chi connectivity index (χ4v) is 1.78. The summed E-state index contributed by atoms with van der Waals surface area (Å²) in [6.45, 7) is 0. The van der Waals surface area contributed by atoms with Crippen molar-refractivity contribution in [2.24, 2.45) is 0 Å². The van der Waals surface area contributed by atoms with Crippen LogP contribution >= 0.6 is 0 Å². The lowest BCUT2D eigenvalue weighted by atomic mass is 10.4. The molecule has 2 rings (SSSR count). The number of aromatic nitrogens is 3. The van der Waals surface area contributed by atoms with E-state index in [2.05, 4.69) is 9.97 Å². The molecule has 2 heterocycles. The quantitative estimate of drug-likeness (QED) is 0.753. The van der Waals surface area contributed by atoms with E-state index in [4.69, 9.17) is 4.55 Å². The Hall–Kier alpha value is -1.73. The predicted molar refractivity (Wildman–Crippen MR) is 51.2 cm³/mol. The smallest absolute Gasteiger partial charge is 0.287 e. The van der Waals surface area contributed by atoms with E-state index in [0.29, 0.717) is 5.69 Å². The van der Waals surface area contributed by atoms with E-state index in [0.717, 1.165) is 0 Å². The van der Waals surface area contributed by atoms with Crippen LogP contribution in [-0.4, -0.2) is 27.5 Å². The van der Waals surface area contributed by atoms with Crippen molar-refractivity contribution in [2.75, 3.05) is 0 Å². The van der Waals surface area contributed by atoms with Crippen molar-refractivity contribution >= 4 is 10.1 Å². The lowest BCUT2D eigenvalue weighted by Gasteiger charge is -2.03. The third kappa shape index (κ3) is 1.88. The molecule has 15 heavy (non-hydrogen) atoms. The molecule has 0 atom stereocenters. The summed E-state index contributed by atoms with van der Waals surface area (Å²) in [5.41, 5.74) is 0.516. The highest BCUT2D eigenvalue weighted by Gasteiger charge is 2.17. The van der Waals surface area contributed by atoms with Gasteiger partial charge >= 0.3 is 10.1 Å². The van der Waals surface area contributed by atoms with E-state index < -0.39 is 15.3 Å². The zero-order valence-corrected chi connectivity index (χ0v) is 8.29. The lowest BCUT2D eigenvalue weighted by Crippen LogP contribution is -2.07. The van der Waals surface area contributed by atoms with Crippen LogP contribution in [0.3, 0.4) is 0 Å². The molecule has 0 aromatic carbocycles. The zero-order chi connectivity index (χ0) is 10.9. The Morgan fingerprint density at radius 2 is 2.13 bits per heavy atom. The second-order valence-corrected chi connectivity index (χ2v) is 4.08. The summed E-state index contributed by atoms with van der Waals surface area (Å²) in [7, 11) is -4.31. The Bertz CT molecular complexity index is 562. The first-order valence-electron chi connectivity index (χ1n) is 4.00. The van der Waals surface area contributed by atoms with Crippen LogP contribution < -0.4 is 0 Å². The Labute approximate surface area is 86.0 Å². The van der Waals surface area contributed by atoms with Gasteiger partial charge in [-0.25, -0.2) is 4.98 Å². The van der Waals surface area contributed by atoms with Crippen LogP contribution in [0.25, 0.3) is 5.69 Å². The SMILES string of the molecule is O=S(=O)(O)c1nccn1-c1cccnc1. The van der Waals surface area contributed by atoms with Crippen LogP contribution in [-0.2, 0) is 10.1 Å². The maximum Gasteiger partial charge on any atom is 0.329 e. The number of nitrogens with zero attached hydrogens (tertiary/aromatic N) is 3. The molecule has 0 bridgehead atoms. The van der Waals surface area contributed by atoms with Crippen molar-refractivity contribution in [3.05, 3.63) is 36.9 Å². The van der Waals surface area contributed by atoms with Crippen LogP contribution in [0.5, 0.6) is 0 Å². The van der Waals surface area contributed by atoms with E-state index in [1.54, 1.807) is 18.3 Å². The monoisotopic (exact) mass is 225 g/mol. The van der Waals surface area contributed by atoms with Crippen LogP contribution in [0.1, 0.15) is 0 Å². The second kappa shape index (κ2) is 3.44. The molecule has 7 heteroatoms. The Morgan fingerprint density at radius 3 is 2.73 bits per heavy atom. The van der Waals surface area contributed by atoms with Gasteiger partial charge in [0, 0.05) is 18.6 Å². The number of pyridine rings is 1. The maximum absolute atomic E-state index is 10.9. The number of rotatable bonds is 2. The second-order valence-electron chi connectivity index (χ2n) is 2.77. The van der Waals surface area contributed by atoms with Crippen molar-refractivity contribution in [1.29, 1.82) is 0 Å². The third-order valence-corrected chi connectivity index (χ3v) is 2.53. The van der Waals surface area contributed by atoms with Gasteiger partial charge in [0.15, 0.2) is 0 Å². The number of hydrogen-bond donors (Lipinski definition) is 1. The normalized spacial score (nSPS) is 11.5. The lowest BCUT2D eigenvalue weighted by molar-refractivity contribution is 0.472. The van der Waals surface area contributed by atoms with Gasteiger partial charge in [0.25, 0.3) is 5.16 Å². The molecule has 0 saturated heterocycles. The molecular weight excluding hydrogens is 218 g/mol. The first kappa shape index (κ1) is 9.81. The minimum atomic E-state index is -4.31. The molecule has 0 aliphatic rings. The molecule has 0 fully saturated rings. The Kier molecular flexibility index (Phi) is 2.25. The zero-order valence-electron chi connectivity index (χ0n) is 7.48. The molecule has 0 aliphatic heterocycles. The summed E-state index contributed by atoms with van der Waals surface area (Å²) in [5.74, 6) is 0. The summed E-state index contributed by atoms with van der Waals surface area (Å²) in [4.78, 5) is 7.40. The minimum Gasteiger partial charge on any atom is -0.287 e. The Balaban J connectivity index is 2.61. The summed E-state index contributed by atoms with van der Waals surface area (Å²) < 4.78 is 32.0. The molecule has 78 valence electrons. The van der Waals surface area contributed by atoms with E-state index in [1.807, 2.05) is 0 Å². The molecule has 0 amide bonds. The molecule has 2 aromatic rings. The predicted octanol–water partition coefficient (Wildman–Crippen LogP) is 0.514. The first-order valence-corrected chi connectivity index (χ1v) is 5.44. The summed E-state index contributed by atoms with van der Waals surface area (Å²) >= 11 is 0. The van der Waals surface area contributed by atoms with Crippen molar-refractivity contribution in [1.82, 2.24) is 14.5 Å². The van der Waals surface area contributed by atoms with E-state index >= 15 is 0 Å².